The van der Waals surface area contributed by atoms with Crippen molar-refractivity contribution in [3.05, 3.63) is 73.1 Å². The number of aromatic nitrogens is 4. The number of piperazine rings is 2. The van der Waals surface area contributed by atoms with E-state index in [1.807, 2.05) is 53.1 Å². The lowest BCUT2D eigenvalue weighted by molar-refractivity contribution is 0.133. The van der Waals surface area contributed by atoms with Crippen molar-refractivity contribution >= 4 is 11.6 Å². The van der Waals surface area contributed by atoms with Gasteiger partial charge >= 0.3 is 0 Å². The molecule has 0 bridgehead atoms. The van der Waals surface area contributed by atoms with Gasteiger partial charge in [-0.3, -0.25) is 4.90 Å². The number of anilines is 2. The van der Waals surface area contributed by atoms with Crippen molar-refractivity contribution in [2.75, 3.05) is 88.8 Å². The van der Waals surface area contributed by atoms with Crippen LogP contribution < -0.4 is 20.4 Å². The Morgan fingerprint density at radius 2 is 1.16 bits per heavy atom. The highest BCUT2D eigenvalue weighted by Gasteiger charge is 2.28. The van der Waals surface area contributed by atoms with Gasteiger partial charge in [0.05, 0.1) is 0 Å². The van der Waals surface area contributed by atoms with E-state index in [0.29, 0.717) is 0 Å². The number of nitrogens with zero attached hydrogens (tertiary/aromatic N) is 8. The maximum absolute atomic E-state index is 4.34. The van der Waals surface area contributed by atoms with E-state index >= 15 is 0 Å². The molecule has 3 aromatic rings. The Morgan fingerprint density at radius 3 is 1.68 bits per heavy atom. The number of piperidine rings is 1. The number of nitrogens with one attached hydrogen (secondary N) is 2. The summed E-state index contributed by atoms with van der Waals surface area (Å²) in [6.07, 6.45) is 15.0. The minimum Gasteiger partial charge on any atom is -0.372 e. The number of rotatable bonds is 6. The van der Waals surface area contributed by atoms with Crippen molar-refractivity contribution < 1.29 is 0 Å². The Kier molecular flexibility index (Phi) is 20.5. The highest BCUT2D eigenvalue weighted by Crippen LogP contribution is 2.29. The largest absolute Gasteiger partial charge is 0.372 e. The molecule has 0 spiro atoms. The standard InChI is InChI=1S/C17H27N3.C14H23N5.C5H6N2.2C2H6/c1-19(15-5-3-2-4-6-15)16-7-9-17(10-8-16)20-13-11-18-12-14-20;1-4-16-14(17-5-1)19-8-2-13(3-9-19)12-18-10-6-15-7-11-18;1-5-6-3-2-4-7-5;2*1-2/h2-6,16-18H,7-14H2,1H3;1,4-5,13,15H,2-3,6-12H2;2-4H,1H3;2*1-2H3. The molecule has 2 N–H and O–H groups in total. The number of aryl methyl sites for hydroxylation is 1. The molecule has 1 aliphatic carbocycles. The molecular weight excluding hydrogens is 621 g/mol. The summed E-state index contributed by atoms with van der Waals surface area (Å²) in [6.45, 7) is 22.9. The summed E-state index contributed by atoms with van der Waals surface area (Å²) in [5.41, 5.74) is 1.36. The van der Waals surface area contributed by atoms with Gasteiger partial charge in [-0.2, -0.15) is 0 Å². The van der Waals surface area contributed by atoms with Gasteiger partial charge in [0.1, 0.15) is 5.82 Å². The number of benzene rings is 1. The van der Waals surface area contributed by atoms with Gasteiger partial charge in [0.25, 0.3) is 0 Å². The van der Waals surface area contributed by atoms with Crippen LogP contribution in [0.2, 0.25) is 0 Å². The summed E-state index contributed by atoms with van der Waals surface area (Å²) < 4.78 is 0. The minimum atomic E-state index is 0.719. The predicted molar refractivity (Wildman–Crippen MR) is 211 cm³/mol. The van der Waals surface area contributed by atoms with Crippen LogP contribution in [0, 0.1) is 12.8 Å². The zero-order chi connectivity index (χ0) is 35.8. The van der Waals surface area contributed by atoms with Gasteiger partial charge in [-0.1, -0.05) is 45.9 Å². The first-order chi connectivity index (χ1) is 24.7. The first-order valence-electron chi connectivity index (χ1n) is 19.6. The molecule has 10 heteroatoms. The average molecular weight is 689 g/mol. The molecule has 1 saturated carbocycles. The van der Waals surface area contributed by atoms with E-state index in [2.05, 4.69) is 87.5 Å². The zero-order valence-electron chi connectivity index (χ0n) is 32.2. The zero-order valence-corrected chi connectivity index (χ0v) is 32.2. The van der Waals surface area contributed by atoms with Crippen LogP contribution in [-0.4, -0.2) is 121 Å². The third kappa shape index (κ3) is 14.6. The van der Waals surface area contributed by atoms with Crippen LogP contribution in [0.25, 0.3) is 0 Å². The van der Waals surface area contributed by atoms with Gasteiger partial charge in [0.15, 0.2) is 0 Å². The Labute approximate surface area is 304 Å². The Morgan fingerprint density at radius 1 is 0.640 bits per heavy atom. The number of hydrogen-bond donors (Lipinski definition) is 2. The SMILES string of the molecule is CC.CC.CN(c1ccccc1)C1CCC(N2CCNCC2)CC1.Cc1ncccn1.c1cnc(N2CCC(CN3CCNCC3)CC2)nc1. The van der Waals surface area contributed by atoms with Crippen molar-refractivity contribution in [3.63, 3.8) is 0 Å². The Balaban J connectivity index is 0.000000210. The lowest BCUT2D eigenvalue weighted by Crippen LogP contribution is -2.50. The monoisotopic (exact) mass is 689 g/mol. The fourth-order valence-electron chi connectivity index (χ4n) is 7.13. The third-order valence-corrected chi connectivity index (χ3v) is 9.92. The molecule has 10 nitrogen and oxygen atoms in total. The van der Waals surface area contributed by atoms with Gasteiger partial charge in [0.2, 0.25) is 5.95 Å². The normalized spacial score (nSPS) is 21.4. The van der Waals surface area contributed by atoms with Crippen LogP contribution in [0.4, 0.5) is 11.6 Å². The van der Waals surface area contributed by atoms with Crippen LogP contribution >= 0.6 is 0 Å². The summed E-state index contributed by atoms with van der Waals surface area (Å²) in [6, 6.07) is 16.0. The van der Waals surface area contributed by atoms with E-state index in [1.165, 1.54) is 90.0 Å². The van der Waals surface area contributed by atoms with Crippen LogP contribution in [-0.2, 0) is 0 Å². The number of para-hydroxylation sites is 1. The van der Waals surface area contributed by atoms with Gasteiger partial charge in [-0.25, -0.2) is 19.9 Å². The summed E-state index contributed by atoms with van der Waals surface area (Å²) in [5.74, 6) is 2.56. The first-order valence-corrected chi connectivity index (χ1v) is 19.6. The highest BCUT2D eigenvalue weighted by atomic mass is 15.3. The van der Waals surface area contributed by atoms with Gasteiger partial charge in [-0.05, 0) is 75.6 Å². The van der Waals surface area contributed by atoms with E-state index in [0.717, 1.165) is 56.0 Å². The smallest absolute Gasteiger partial charge is 0.225 e. The van der Waals surface area contributed by atoms with Gasteiger partial charge in [-0.15, -0.1) is 0 Å². The summed E-state index contributed by atoms with van der Waals surface area (Å²) in [4.78, 5) is 26.5. The van der Waals surface area contributed by atoms with Crippen molar-refractivity contribution in [1.82, 2.24) is 40.4 Å². The molecule has 50 heavy (non-hydrogen) atoms. The molecule has 4 aliphatic rings. The molecule has 3 saturated heterocycles. The molecule has 2 aromatic heterocycles. The first kappa shape index (κ1) is 41.2. The second kappa shape index (κ2) is 24.9. The van der Waals surface area contributed by atoms with Crippen LogP contribution in [0.3, 0.4) is 0 Å². The molecule has 5 heterocycles. The molecular formula is C40H68N10. The number of hydrogen-bond acceptors (Lipinski definition) is 10. The molecule has 4 fully saturated rings. The van der Waals surface area contributed by atoms with Crippen molar-refractivity contribution in [2.24, 2.45) is 5.92 Å². The van der Waals surface area contributed by atoms with E-state index in [1.54, 1.807) is 18.5 Å². The fourth-order valence-corrected chi connectivity index (χ4v) is 7.13. The van der Waals surface area contributed by atoms with E-state index < -0.39 is 0 Å². The molecule has 0 atom stereocenters. The molecule has 1 aromatic carbocycles. The summed E-state index contributed by atoms with van der Waals surface area (Å²) in [5, 5.41) is 6.87. The highest BCUT2D eigenvalue weighted by molar-refractivity contribution is 5.46. The molecule has 3 aliphatic heterocycles. The third-order valence-electron chi connectivity index (χ3n) is 9.92. The molecule has 278 valence electrons. The van der Waals surface area contributed by atoms with Crippen molar-refractivity contribution in [1.29, 1.82) is 0 Å². The fraction of sp³-hybridized carbons (Fsp3) is 0.650. The minimum absolute atomic E-state index is 0.719. The Bertz CT molecular complexity index is 1190. The maximum atomic E-state index is 4.34. The lowest BCUT2D eigenvalue weighted by Gasteiger charge is -2.41. The predicted octanol–water partition coefficient (Wildman–Crippen LogP) is 5.77. The van der Waals surface area contributed by atoms with E-state index in [9.17, 15) is 0 Å². The Hall–Kier alpha value is -3.18. The lowest BCUT2D eigenvalue weighted by atomic mass is 9.89. The van der Waals surface area contributed by atoms with E-state index in [4.69, 9.17) is 0 Å². The second-order valence-corrected chi connectivity index (χ2v) is 13.0. The molecule has 0 unspecified atom stereocenters. The average Bonchev–Trinajstić information content (AvgIpc) is 3.22. The summed E-state index contributed by atoms with van der Waals surface area (Å²) >= 11 is 0. The molecule has 0 amide bonds. The topological polar surface area (TPSA) is 88.6 Å². The van der Waals surface area contributed by atoms with Gasteiger partial charge < -0.3 is 25.3 Å². The van der Waals surface area contributed by atoms with Gasteiger partial charge in [0, 0.05) is 122 Å². The summed E-state index contributed by atoms with van der Waals surface area (Å²) in [7, 11) is 2.26. The van der Waals surface area contributed by atoms with E-state index in [-0.39, 0.29) is 0 Å². The van der Waals surface area contributed by atoms with Crippen molar-refractivity contribution in [3.8, 4) is 0 Å². The van der Waals surface area contributed by atoms with Crippen LogP contribution in [0.5, 0.6) is 0 Å². The molecule has 0 radical (unpaired) electrons. The maximum Gasteiger partial charge on any atom is 0.225 e. The second-order valence-electron chi connectivity index (χ2n) is 13.0. The molecule has 7 rings (SSSR count). The quantitative estimate of drug-likeness (QED) is 0.333. The van der Waals surface area contributed by atoms with Crippen LogP contribution in [0.15, 0.2) is 67.3 Å². The van der Waals surface area contributed by atoms with Crippen LogP contribution in [0.1, 0.15) is 72.0 Å². The van der Waals surface area contributed by atoms with Crippen molar-refractivity contribution in [2.45, 2.75) is 85.2 Å².